The Hall–Kier alpha value is -4.38. The fourth-order valence-corrected chi connectivity index (χ4v) is 3.52. The number of benzene rings is 2. The Morgan fingerprint density at radius 1 is 1.07 bits per heavy atom. The highest BCUT2D eigenvalue weighted by molar-refractivity contribution is 6.26. The Bertz CT molecular complexity index is 1280. The van der Waals surface area contributed by atoms with E-state index in [4.69, 9.17) is 6.42 Å². The highest BCUT2D eigenvalue weighted by Gasteiger charge is 2.41. The number of rotatable bonds is 5. The average molecular weight is 400 g/mol. The van der Waals surface area contributed by atoms with Crippen molar-refractivity contribution in [3.63, 3.8) is 0 Å². The average Bonchev–Trinajstić information content (AvgIpc) is 3.10. The van der Waals surface area contributed by atoms with E-state index in [0.717, 1.165) is 0 Å². The summed E-state index contributed by atoms with van der Waals surface area (Å²) in [4.78, 5) is 49.1. The zero-order valence-electron chi connectivity index (χ0n) is 15.6. The van der Waals surface area contributed by atoms with E-state index in [-0.39, 0.29) is 58.6 Å². The number of Topliss-reactive ketones (excluding diaryl/α,β-unsaturated/α-hetero) is 1. The third kappa shape index (κ3) is 2.99. The topological polar surface area (TPSA) is 103 Å². The third-order valence-corrected chi connectivity index (χ3v) is 4.90. The lowest BCUT2D eigenvalue weighted by Gasteiger charge is -2.12. The van der Waals surface area contributed by atoms with Gasteiger partial charge in [-0.05, 0) is 12.1 Å². The predicted octanol–water partition coefficient (Wildman–Crippen LogP) is 1.98. The summed E-state index contributed by atoms with van der Waals surface area (Å²) in [5.74, 6) is 1.38. The van der Waals surface area contributed by atoms with Crippen LogP contribution in [0.2, 0.25) is 0 Å². The molecule has 4 rings (SSSR count). The van der Waals surface area contributed by atoms with E-state index in [1.165, 1.54) is 39.7 Å². The molecule has 146 valence electrons. The molecule has 0 spiro atoms. The van der Waals surface area contributed by atoms with E-state index in [9.17, 15) is 24.5 Å². The lowest BCUT2D eigenvalue weighted by atomic mass is 9.90. The number of fused-ring (bicyclic) bond motifs is 2. The number of hydrogen-bond donors (Lipinski definition) is 0. The maximum Gasteiger partial charge on any atom is 0.269 e. The zero-order chi connectivity index (χ0) is 21.4. The summed E-state index contributed by atoms with van der Waals surface area (Å²) in [5, 5.41) is 10.8. The third-order valence-electron chi connectivity index (χ3n) is 4.90. The van der Waals surface area contributed by atoms with Gasteiger partial charge in [0.25, 0.3) is 5.69 Å². The molecule has 0 saturated carbocycles. The summed E-state index contributed by atoms with van der Waals surface area (Å²) in [6, 6.07) is 11.7. The van der Waals surface area contributed by atoms with E-state index < -0.39 is 4.92 Å². The summed E-state index contributed by atoms with van der Waals surface area (Å²) in [7, 11) is 0. The first-order chi connectivity index (χ1) is 14.4. The fraction of sp³-hybridized carbons (Fsp3) is 0.0909. The van der Waals surface area contributed by atoms with Crippen LogP contribution >= 0.6 is 0 Å². The lowest BCUT2D eigenvalue weighted by molar-refractivity contribution is -0.684. The number of terminal acetylenes is 1. The standard InChI is InChI=1S/C22H14N3O5/c1-2-11-23-13-24(12-18(26)14-7-9-15(10-8-14)25(29)30)20-19(23)21(27)16-5-3-4-6-17(16)22(20)28/h1,3-10,13H,11-12H2/q+1. The van der Waals surface area contributed by atoms with E-state index in [2.05, 4.69) is 5.92 Å². The lowest BCUT2D eigenvalue weighted by Crippen LogP contribution is -2.43. The molecule has 1 heterocycles. The van der Waals surface area contributed by atoms with Gasteiger partial charge in [0.15, 0.2) is 13.1 Å². The number of carbonyl (C=O) groups is 3. The van der Waals surface area contributed by atoms with Gasteiger partial charge in [-0.25, -0.2) is 9.13 Å². The van der Waals surface area contributed by atoms with Gasteiger partial charge in [0, 0.05) is 28.8 Å². The van der Waals surface area contributed by atoms with Crippen LogP contribution in [-0.4, -0.2) is 26.8 Å². The second-order valence-corrected chi connectivity index (χ2v) is 6.70. The first-order valence-corrected chi connectivity index (χ1v) is 8.94. The highest BCUT2D eigenvalue weighted by atomic mass is 16.6. The van der Waals surface area contributed by atoms with Crippen molar-refractivity contribution in [1.29, 1.82) is 0 Å². The van der Waals surface area contributed by atoms with Crippen LogP contribution in [-0.2, 0) is 13.1 Å². The summed E-state index contributed by atoms with van der Waals surface area (Å²) in [5.41, 5.74) is 0.929. The Labute approximate surface area is 170 Å². The van der Waals surface area contributed by atoms with Gasteiger partial charge in [0.05, 0.1) is 4.92 Å². The van der Waals surface area contributed by atoms with Crippen LogP contribution in [0, 0.1) is 22.5 Å². The molecular weight excluding hydrogens is 386 g/mol. The van der Waals surface area contributed by atoms with Crippen LogP contribution in [0.15, 0.2) is 54.9 Å². The minimum Gasteiger partial charge on any atom is -0.290 e. The van der Waals surface area contributed by atoms with E-state index in [0.29, 0.717) is 5.56 Å². The van der Waals surface area contributed by atoms with E-state index in [1.54, 1.807) is 24.3 Å². The number of aromatic nitrogens is 2. The van der Waals surface area contributed by atoms with Gasteiger partial charge >= 0.3 is 0 Å². The molecule has 0 aliphatic heterocycles. The van der Waals surface area contributed by atoms with Gasteiger partial charge < -0.3 is 0 Å². The van der Waals surface area contributed by atoms with Crippen molar-refractivity contribution in [3.8, 4) is 12.3 Å². The van der Waals surface area contributed by atoms with Crippen LogP contribution in [0.5, 0.6) is 0 Å². The van der Waals surface area contributed by atoms with Gasteiger partial charge in [-0.1, -0.05) is 30.2 Å². The molecule has 0 bridgehead atoms. The second kappa shape index (κ2) is 7.22. The van der Waals surface area contributed by atoms with Crippen molar-refractivity contribution in [2.75, 3.05) is 0 Å². The normalized spacial score (nSPS) is 12.1. The SMILES string of the molecule is C#CCn1c[n+](CC(=O)c2ccc([N+](=O)[O-])cc2)c2c1C(=O)c1ccccc1C2=O. The van der Waals surface area contributed by atoms with Gasteiger partial charge in [-0.3, -0.25) is 24.5 Å². The van der Waals surface area contributed by atoms with Crippen LogP contribution in [0.1, 0.15) is 42.5 Å². The number of ketones is 3. The summed E-state index contributed by atoms with van der Waals surface area (Å²) < 4.78 is 2.89. The minimum atomic E-state index is -0.555. The molecule has 1 aliphatic carbocycles. The maximum atomic E-state index is 13.1. The van der Waals surface area contributed by atoms with Crippen molar-refractivity contribution >= 4 is 23.0 Å². The molecule has 30 heavy (non-hydrogen) atoms. The van der Waals surface area contributed by atoms with Gasteiger partial charge in [-0.2, -0.15) is 0 Å². The number of non-ortho nitro benzene ring substituents is 1. The molecule has 0 saturated heterocycles. The summed E-state index contributed by atoms with van der Waals surface area (Å²) >= 11 is 0. The molecule has 8 nitrogen and oxygen atoms in total. The van der Waals surface area contributed by atoms with Crippen LogP contribution < -0.4 is 4.57 Å². The first-order valence-electron chi connectivity index (χ1n) is 8.94. The molecule has 8 heteroatoms. The van der Waals surface area contributed by atoms with Crippen LogP contribution in [0.3, 0.4) is 0 Å². The highest BCUT2D eigenvalue weighted by Crippen LogP contribution is 2.26. The molecule has 1 aliphatic rings. The number of nitrogens with zero attached hydrogens (tertiary/aromatic N) is 3. The Balaban J connectivity index is 1.76. The predicted molar refractivity (Wildman–Crippen MR) is 104 cm³/mol. The number of hydrogen-bond acceptors (Lipinski definition) is 5. The van der Waals surface area contributed by atoms with Crippen molar-refractivity contribution < 1.29 is 23.9 Å². The molecule has 1 aromatic heterocycles. The summed E-state index contributed by atoms with van der Waals surface area (Å²) in [6.07, 6.45) is 6.89. The maximum absolute atomic E-state index is 13.1. The molecule has 0 N–H and O–H groups in total. The van der Waals surface area contributed by atoms with E-state index in [1.807, 2.05) is 0 Å². The fourth-order valence-electron chi connectivity index (χ4n) is 3.52. The van der Waals surface area contributed by atoms with Crippen molar-refractivity contribution in [1.82, 2.24) is 4.57 Å². The van der Waals surface area contributed by atoms with E-state index >= 15 is 0 Å². The van der Waals surface area contributed by atoms with Gasteiger partial charge in [0.1, 0.15) is 0 Å². The molecule has 0 amide bonds. The van der Waals surface area contributed by atoms with Gasteiger partial charge in [0.2, 0.25) is 35.1 Å². The molecule has 0 radical (unpaired) electrons. The number of carbonyl (C=O) groups excluding carboxylic acids is 3. The first kappa shape index (κ1) is 19.0. The summed E-state index contributed by atoms with van der Waals surface area (Å²) in [6.45, 7) is -0.166. The van der Waals surface area contributed by atoms with Crippen LogP contribution in [0.4, 0.5) is 5.69 Å². The van der Waals surface area contributed by atoms with Crippen LogP contribution in [0.25, 0.3) is 0 Å². The Morgan fingerprint density at radius 3 is 2.30 bits per heavy atom. The number of imidazole rings is 1. The molecular formula is C22H14N3O5+. The number of nitro groups is 1. The van der Waals surface area contributed by atoms with Crippen molar-refractivity contribution in [3.05, 3.63) is 93.1 Å². The molecule has 0 unspecified atom stereocenters. The van der Waals surface area contributed by atoms with Gasteiger partial charge in [-0.15, -0.1) is 6.42 Å². The smallest absolute Gasteiger partial charge is 0.269 e. The minimum absolute atomic E-state index is 0.0578. The molecule has 0 fully saturated rings. The second-order valence-electron chi connectivity index (χ2n) is 6.70. The Morgan fingerprint density at radius 2 is 1.70 bits per heavy atom. The largest absolute Gasteiger partial charge is 0.290 e. The van der Waals surface area contributed by atoms with Crippen molar-refractivity contribution in [2.24, 2.45) is 0 Å². The number of nitro benzene ring substituents is 1. The molecule has 2 aromatic carbocycles. The molecule has 3 aromatic rings. The quantitative estimate of drug-likeness (QED) is 0.168. The Kier molecular flexibility index (Phi) is 4.56. The molecule has 0 atom stereocenters. The monoisotopic (exact) mass is 400 g/mol. The van der Waals surface area contributed by atoms with Crippen molar-refractivity contribution in [2.45, 2.75) is 13.1 Å². The zero-order valence-corrected chi connectivity index (χ0v) is 15.6.